The van der Waals surface area contributed by atoms with Crippen LogP contribution in [0.15, 0.2) is 36.4 Å². The summed E-state index contributed by atoms with van der Waals surface area (Å²) in [6.45, 7) is 1.49. The maximum absolute atomic E-state index is 12.1. The molecule has 0 aliphatic carbocycles. The first-order chi connectivity index (χ1) is 12.7. The lowest BCUT2D eigenvalue weighted by Gasteiger charge is -2.24. The van der Waals surface area contributed by atoms with Gasteiger partial charge >= 0.3 is 12.1 Å². The molecule has 0 saturated carbocycles. The number of rotatable bonds is 8. The fourth-order valence-corrected chi connectivity index (χ4v) is 2.41. The Balaban J connectivity index is 2.94. The van der Waals surface area contributed by atoms with Crippen LogP contribution in [-0.2, 0) is 14.3 Å². The van der Waals surface area contributed by atoms with E-state index >= 15 is 0 Å². The number of amides is 1. The molecule has 0 fully saturated rings. The van der Waals surface area contributed by atoms with Gasteiger partial charge < -0.3 is 19.5 Å². The molecule has 0 saturated heterocycles. The molecule has 1 aromatic rings. The molecule has 6 nitrogen and oxygen atoms in total. The van der Waals surface area contributed by atoms with Crippen molar-refractivity contribution in [1.82, 2.24) is 5.32 Å². The zero-order valence-corrected chi connectivity index (χ0v) is 17.5. The summed E-state index contributed by atoms with van der Waals surface area (Å²) in [6, 6.07) is 6.77. The molecule has 0 aliphatic heterocycles. The van der Waals surface area contributed by atoms with Gasteiger partial charge in [0.05, 0.1) is 26.7 Å². The van der Waals surface area contributed by atoms with Crippen molar-refractivity contribution < 1.29 is 23.8 Å². The fourth-order valence-electron chi connectivity index (χ4n) is 2.24. The van der Waals surface area contributed by atoms with Gasteiger partial charge in [0.2, 0.25) is 3.79 Å². The summed E-state index contributed by atoms with van der Waals surface area (Å²) in [5, 5.41) is 2.75. The van der Waals surface area contributed by atoms with E-state index in [0.717, 1.165) is 5.56 Å². The van der Waals surface area contributed by atoms with Gasteiger partial charge in [-0.25, -0.2) is 4.79 Å². The van der Waals surface area contributed by atoms with Crippen molar-refractivity contribution in [3.63, 3.8) is 0 Å². The van der Waals surface area contributed by atoms with E-state index in [4.69, 9.17) is 44.3 Å². The molecule has 27 heavy (non-hydrogen) atoms. The highest BCUT2D eigenvalue weighted by molar-refractivity contribution is 6.67. The average Bonchev–Trinajstić information content (AvgIpc) is 2.63. The van der Waals surface area contributed by atoms with E-state index in [2.05, 4.69) is 10.1 Å². The number of hydrogen-bond donors (Lipinski definition) is 1. The third-order valence-corrected chi connectivity index (χ3v) is 3.90. The first kappa shape index (κ1) is 23.4. The van der Waals surface area contributed by atoms with Crippen molar-refractivity contribution in [3.05, 3.63) is 42.0 Å². The first-order valence-electron chi connectivity index (χ1n) is 8.03. The SMILES string of the molecule is COC(=O)C/C=C/[C@@H](C)[C@H](NC(=O)OCC(Cl)(Cl)Cl)c1cccc(OC)c1. The van der Waals surface area contributed by atoms with Gasteiger partial charge in [0.15, 0.2) is 0 Å². The van der Waals surface area contributed by atoms with Crippen molar-refractivity contribution in [3.8, 4) is 5.75 Å². The number of esters is 1. The number of alkyl carbamates (subject to hydrolysis) is 1. The third kappa shape index (κ3) is 9.22. The molecule has 150 valence electrons. The summed E-state index contributed by atoms with van der Waals surface area (Å²) in [5.74, 6) is 0.105. The van der Waals surface area contributed by atoms with Gasteiger partial charge in [0, 0.05) is 0 Å². The number of benzene rings is 1. The standard InChI is InChI=1S/C18H22Cl3NO5/c1-12(6-4-9-15(23)26-3)16(13-7-5-8-14(10-13)25-2)22-17(24)27-11-18(19,20)21/h4-8,10,12,16H,9,11H2,1-3H3,(H,22,24)/b6-4+/t12-,16+/m1/s1. The molecule has 1 aromatic carbocycles. The molecular weight excluding hydrogens is 417 g/mol. The average molecular weight is 439 g/mol. The van der Waals surface area contributed by atoms with Crippen LogP contribution in [0.4, 0.5) is 4.79 Å². The minimum Gasteiger partial charge on any atom is -0.497 e. The van der Waals surface area contributed by atoms with Gasteiger partial charge in [-0.3, -0.25) is 4.79 Å². The Labute approximate surface area is 173 Å². The minimum absolute atomic E-state index is 0.128. The highest BCUT2D eigenvalue weighted by Gasteiger charge is 2.25. The smallest absolute Gasteiger partial charge is 0.407 e. The van der Waals surface area contributed by atoms with Crippen LogP contribution in [0, 0.1) is 5.92 Å². The van der Waals surface area contributed by atoms with E-state index in [-0.39, 0.29) is 24.9 Å². The first-order valence-corrected chi connectivity index (χ1v) is 9.17. The molecule has 0 bridgehead atoms. The second-order valence-electron chi connectivity index (χ2n) is 5.66. The molecule has 1 rings (SSSR count). The molecule has 0 aliphatic rings. The minimum atomic E-state index is -1.70. The normalized spacial score (nSPS) is 13.7. The molecule has 0 aromatic heterocycles. The second kappa shape index (κ2) is 11.3. The summed E-state index contributed by atoms with van der Waals surface area (Å²) in [6.07, 6.45) is 2.87. The van der Waals surface area contributed by atoms with Crippen LogP contribution >= 0.6 is 34.8 Å². The zero-order valence-electron chi connectivity index (χ0n) is 15.2. The molecular formula is C18H22Cl3NO5. The van der Waals surface area contributed by atoms with Crippen LogP contribution in [0.5, 0.6) is 5.75 Å². The molecule has 9 heteroatoms. The lowest BCUT2D eigenvalue weighted by atomic mass is 9.93. The van der Waals surface area contributed by atoms with Gasteiger partial charge in [-0.15, -0.1) is 0 Å². The number of nitrogens with one attached hydrogen (secondary N) is 1. The quantitative estimate of drug-likeness (QED) is 0.365. The maximum Gasteiger partial charge on any atom is 0.407 e. The van der Waals surface area contributed by atoms with Gasteiger partial charge in [0.25, 0.3) is 0 Å². The highest BCUT2D eigenvalue weighted by atomic mass is 35.6. The van der Waals surface area contributed by atoms with Crippen molar-refractivity contribution in [2.75, 3.05) is 20.8 Å². The summed E-state index contributed by atoms with van der Waals surface area (Å²) >= 11 is 16.8. The van der Waals surface area contributed by atoms with Gasteiger partial charge in [0.1, 0.15) is 12.4 Å². The topological polar surface area (TPSA) is 73.9 Å². The van der Waals surface area contributed by atoms with E-state index in [1.807, 2.05) is 13.0 Å². The molecule has 0 spiro atoms. The predicted octanol–water partition coefficient (Wildman–Crippen LogP) is 4.59. The Bertz CT molecular complexity index is 661. The number of alkyl halides is 3. The van der Waals surface area contributed by atoms with E-state index < -0.39 is 15.9 Å². The predicted molar refractivity (Wildman–Crippen MR) is 105 cm³/mol. The largest absolute Gasteiger partial charge is 0.497 e. The number of ether oxygens (including phenoxy) is 3. The van der Waals surface area contributed by atoms with Crippen LogP contribution in [-0.4, -0.2) is 36.7 Å². The Kier molecular flexibility index (Phi) is 9.77. The highest BCUT2D eigenvalue weighted by Crippen LogP contribution is 2.28. The van der Waals surface area contributed by atoms with Crippen molar-refractivity contribution in [2.45, 2.75) is 23.2 Å². The molecule has 2 atom stereocenters. The Morgan fingerprint density at radius 1 is 1.26 bits per heavy atom. The van der Waals surface area contributed by atoms with E-state index in [1.165, 1.54) is 7.11 Å². The van der Waals surface area contributed by atoms with Crippen LogP contribution < -0.4 is 10.1 Å². The van der Waals surface area contributed by atoms with E-state index in [0.29, 0.717) is 5.75 Å². The number of halogens is 3. The van der Waals surface area contributed by atoms with Gasteiger partial charge in [-0.2, -0.15) is 0 Å². The van der Waals surface area contributed by atoms with Gasteiger partial charge in [-0.1, -0.05) is 66.0 Å². The summed E-state index contributed by atoms with van der Waals surface area (Å²) in [7, 11) is 2.87. The number of hydrogen-bond acceptors (Lipinski definition) is 5. The molecule has 0 radical (unpaired) electrons. The van der Waals surface area contributed by atoms with E-state index in [1.54, 1.807) is 37.5 Å². The molecule has 1 N–H and O–H groups in total. The number of carbonyl (C=O) groups is 2. The lowest BCUT2D eigenvalue weighted by Crippen LogP contribution is -2.34. The second-order valence-corrected chi connectivity index (χ2v) is 8.17. The van der Waals surface area contributed by atoms with Crippen LogP contribution in [0.1, 0.15) is 24.9 Å². The molecule has 0 heterocycles. The van der Waals surface area contributed by atoms with Crippen molar-refractivity contribution in [1.29, 1.82) is 0 Å². The number of carbonyl (C=O) groups excluding carboxylic acids is 2. The lowest BCUT2D eigenvalue weighted by molar-refractivity contribution is -0.139. The third-order valence-electron chi connectivity index (χ3n) is 3.57. The summed E-state index contributed by atoms with van der Waals surface area (Å²) in [4.78, 5) is 23.4. The fraction of sp³-hybridized carbons (Fsp3) is 0.444. The Hall–Kier alpha value is -1.63. The van der Waals surface area contributed by atoms with Gasteiger partial charge in [-0.05, 0) is 23.6 Å². The summed E-state index contributed by atoms with van der Waals surface area (Å²) < 4.78 is 13.1. The Morgan fingerprint density at radius 3 is 2.56 bits per heavy atom. The molecule has 0 unspecified atom stereocenters. The van der Waals surface area contributed by atoms with Crippen molar-refractivity contribution in [2.24, 2.45) is 5.92 Å². The van der Waals surface area contributed by atoms with E-state index in [9.17, 15) is 9.59 Å². The summed E-state index contributed by atoms with van der Waals surface area (Å²) in [5.41, 5.74) is 0.787. The maximum atomic E-state index is 12.1. The van der Waals surface area contributed by atoms with Crippen molar-refractivity contribution >= 4 is 46.9 Å². The monoisotopic (exact) mass is 437 g/mol. The van der Waals surface area contributed by atoms with Crippen LogP contribution in [0.3, 0.4) is 0 Å². The zero-order chi connectivity index (χ0) is 20.4. The molecule has 1 amide bonds. The van der Waals surface area contributed by atoms with Crippen LogP contribution in [0.2, 0.25) is 0 Å². The van der Waals surface area contributed by atoms with Crippen LogP contribution in [0.25, 0.3) is 0 Å². The number of methoxy groups -OCH3 is 2. The Morgan fingerprint density at radius 2 is 1.96 bits per heavy atom.